The number of hydrogen-bond donors (Lipinski definition) is 2. The Kier molecular flexibility index (Phi) is 12.4. The number of anilines is 2. The Balaban J connectivity index is 1.40. The minimum absolute atomic E-state index is 0.0187. The molecule has 0 aliphatic rings. The van der Waals surface area contributed by atoms with Crippen molar-refractivity contribution in [2.75, 3.05) is 36.6 Å². The Morgan fingerprint density at radius 1 is 0.791 bits per heavy atom. The van der Waals surface area contributed by atoms with Crippen molar-refractivity contribution in [2.24, 2.45) is 0 Å². The zero-order valence-corrected chi connectivity index (χ0v) is 27.3. The highest BCUT2D eigenvalue weighted by Crippen LogP contribution is 2.28. The van der Waals surface area contributed by atoms with Gasteiger partial charge in [-0.15, -0.1) is 23.5 Å². The summed E-state index contributed by atoms with van der Waals surface area (Å²) in [6, 6.07) is 35.7. The van der Waals surface area contributed by atoms with E-state index in [9.17, 15) is 4.79 Å². The molecule has 4 rings (SSSR count). The molecule has 0 saturated heterocycles. The van der Waals surface area contributed by atoms with Crippen LogP contribution in [0.1, 0.15) is 41.7 Å². The average molecular weight is 610 g/mol. The lowest BCUT2D eigenvalue weighted by Crippen LogP contribution is -2.32. The largest absolute Gasteiger partial charge is 0.378 e. The molecule has 2 N–H and O–H groups in total. The molecule has 4 aromatic rings. The third-order valence-corrected chi connectivity index (χ3v) is 9.37. The number of hydrogen-bond acceptors (Lipinski definition) is 5. The monoisotopic (exact) mass is 609 g/mol. The molecule has 0 spiro atoms. The fourth-order valence-electron chi connectivity index (χ4n) is 4.49. The van der Waals surface area contributed by atoms with Crippen LogP contribution in [0.4, 0.5) is 11.4 Å². The lowest BCUT2D eigenvalue weighted by molar-refractivity contribution is -0.113. The predicted molar refractivity (Wildman–Crippen MR) is 191 cm³/mol. The maximum Gasteiger partial charge on any atom is 0.234 e. The van der Waals surface area contributed by atoms with Crippen LogP contribution in [-0.4, -0.2) is 37.0 Å². The van der Waals surface area contributed by atoms with Gasteiger partial charge in [-0.05, 0) is 65.9 Å². The maximum atomic E-state index is 12.9. The van der Waals surface area contributed by atoms with E-state index in [0.717, 1.165) is 40.4 Å². The van der Waals surface area contributed by atoms with Gasteiger partial charge in [0, 0.05) is 54.8 Å². The van der Waals surface area contributed by atoms with Gasteiger partial charge in [-0.1, -0.05) is 91.0 Å². The van der Waals surface area contributed by atoms with Crippen molar-refractivity contribution < 1.29 is 4.79 Å². The fraction of sp³-hybridized carbons (Fsp3) is 0.270. The summed E-state index contributed by atoms with van der Waals surface area (Å²) >= 11 is 3.58. The lowest BCUT2D eigenvalue weighted by Gasteiger charge is -2.25. The van der Waals surface area contributed by atoms with Crippen LogP contribution in [0.25, 0.3) is 12.2 Å². The number of benzene rings is 4. The van der Waals surface area contributed by atoms with Crippen molar-refractivity contribution in [2.45, 2.75) is 36.6 Å². The summed E-state index contributed by atoms with van der Waals surface area (Å²) in [6.07, 6.45) is 4.27. The van der Waals surface area contributed by atoms with E-state index in [0.29, 0.717) is 12.3 Å². The van der Waals surface area contributed by atoms with Crippen LogP contribution >= 0.6 is 23.5 Å². The molecule has 1 amide bonds. The van der Waals surface area contributed by atoms with Crippen molar-refractivity contribution >= 4 is 53.0 Å². The zero-order valence-electron chi connectivity index (χ0n) is 25.7. The quantitative estimate of drug-likeness (QED) is 0.132. The number of nitrogens with zero attached hydrogens (tertiary/aromatic N) is 1. The van der Waals surface area contributed by atoms with Crippen molar-refractivity contribution in [3.05, 3.63) is 131 Å². The average Bonchev–Trinajstić information content (AvgIpc) is 3.01. The summed E-state index contributed by atoms with van der Waals surface area (Å²) in [4.78, 5) is 15.0. The van der Waals surface area contributed by atoms with E-state index in [2.05, 4.69) is 120 Å². The number of rotatable bonds is 15. The second-order valence-electron chi connectivity index (χ2n) is 11.4. The molecule has 4 nitrogen and oxygen atoms in total. The second-order valence-corrected chi connectivity index (χ2v) is 14.1. The molecule has 4 aromatic carbocycles. The summed E-state index contributed by atoms with van der Waals surface area (Å²) in [7, 11) is 4.09. The molecule has 0 bridgehead atoms. The number of carbonyl (C=O) groups is 1. The van der Waals surface area contributed by atoms with Crippen LogP contribution in [0.5, 0.6) is 0 Å². The smallest absolute Gasteiger partial charge is 0.234 e. The molecule has 0 aliphatic carbocycles. The van der Waals surface area contributed by atoms with Gasteiger partial charge in [0.05, 0.1) is 5.75 Å². The number of thioether (sulfide) groups is 2. The van der Waals surface area contributed by atoms with Crippen LogP contribution in [0, 0.1) is 0 Å². The van der Waals surface area contributed by atoms with Gasteiger partial charge in [-0.3, -0.25) is 4.79 Å². The van der Waals surface area contributed by atoms with Gasteiger partial charge in [0.1, 0.15) is 0 Å². The van der Waals surface area contributed by atoms with Crippen LogP contribution in [-0.2, 0) is 22.8 Å². The predicted octanol–water partition coefficient (Wildman–Crippen LogP) is 8.60. The molecule has 0 heterocycles. The summed E-state index contributed by atoms with van der Waals surface area (Å²) < 4.78 is 0.0591. The van der Waals surface area contributed by atoms with Crippen LogP contribution < -0.4 is 15.5 Å². The van der Waals surface area contributed by atoms with Gasteiger partial charge in [0.15, 0.2) is 0 Å². The second kappa shape index (κ2) is 16.4. The van der Waals surface area contributed by atoms with Crippen molar-refractivity contribution in [3.8, 4) is 0 Å². The molecule has 224 valence electrons. The van der Waals surface area contributed by atoms with E-state index in [1.807, 2.05) is 50.1 Å². The Hall–Kier alpha value is -3.45. The maximum absolute atomic E-state index is 12.9. The molecule has 0 aliphatic heterocycles. The first-order valence-electron chi connectivity index (χ1n) is 14.7. The zero-order chi connectivity index (χ0) is 30.5. The summed E-state index contributed by atoms with van der Waals surface area (Å²) in [5.41, 5.74) is 7.93. The Labute approximate surface area is 266 Å². The number of nitrogens with one attached hydrogen (secondary N) is 2. The summed E-state index contributed by atoms with van der Waals surface area (Å²) in [5.74, 6) is 2.23. The molecule has 0 saturated carbocycles. The van der Waals surface area contributed by atoms with E-state index < -0.39 is 0 Å². The van der Waals surface area contributed by atoms with Gasteiger partial charge in [-0.2, -0.15) is 0 Å². The highest BCUT2D eigenvalue weighted by Gasteiger charge is 2.18. The molecule has 0 radical (unpaired) electrons. The Morgan fingerprint density at radius 2 is 1.40 bits per heavy atom. The van der Waals surface area contributed by atoms with Crippen molar-refractivity contribution in [1.29, 1.82) is 0 Å². The van der Waals surface area contributed by atoms with Crippen LogP contribution in [0.15, 0.2) is 103 Å². The number of amides is 1. The molecular formula is C37H43N3OS2. The molecule has 0 aromatic heterocycles. The van der Waals surface area contributed by atoms with E-state index >= 15 is 0 Å². The first-order chi connectivity index (χ1) is 20.8. The minimum Gasteiger partial charge on any atom is -0.378 e. The molecule has 0 atom stereocenters. The summed E-state index contributed by atoms with van der Waals surface area (Å²) in [5, 5.41) is 6.84. The first kappa shape index (κ1) is 32.5. The molecule has 0 fully saturated rings. The highest BCUT2D eigenvalue weighted by molar-refractivity contribution is 7.99. The van der Waals surface area contributed by atoms with Gasteiger partial charge in [-0.25, -0.2) is 0 Å². The summed E-state index contributed by atoms with van der Waals surface area (Å²) in [6.45, 7) is 6.08. The topological polar surface area (TPSA) is 44.4 Å². The Bertz CT molecular complexity index is 1450. The van der Waals surface area contributed by atoms with Gasteiger partial charge < -0.3 is 15.5 Å². The van der Waals surface area contributed by atoms with E-state index in [4.69, 9.17) is 0 Å². The van der Waals surface area contributed by atoms with E-state index in [1.165, 1.54) is 16.8 Å². The van der Waals surface area contributed by atoms with Crippen molar-refractivity contribution in [3.63, 3.8) is 0 Å². The third-order valence-electron chi connectivity index (χ3n) is 6.96. The molecule has 43 heavy (non-hydrogen) atoms. The van der Waals surface area contributed by atoms with E-state index in [-0.39, 0.29) is 10.7 Å². The minimum atomic E-state index is 0.0187. The van der Waals surface area contributed by atoms with Gasteiger partial charge in [0.25, 0.3) is 0 Å². The highest BCUT2D eigenvalue weighted by atomic mass is 32.2. The first-order valence-corrected chi connectivity index (χ1v) is 16.8. The standard InChI is InChI=1S/C37H43N3OS2/c1-37(2,43-26-32-13-9-6-10-14-32)28-38-24-33-23-30(16-15-29-17-20-34(21-18-29)40(3)4)19-22-35(33)39-36(41)27-42-25-31-11-7-5-8-12-31/h5-23,38H,24-28H2,1-4H3,(H,39,41)/b16-15+. The normalized spacial score (nSPS) is 11.5. The fourth-order valence-corrected chi connectivity index (χ4v) is 6.23. The molecule has 0 unspecified atom stereocenters. The van der Waals surface area contributed by atoms with Gasteiger partial charge in [0.2, 0.25) is 5.91 Å². The van der Waals surface area contributed by atoms with Crippen LogP contribution in [0.3, 0.4) is 0 Å². The van der Waals surface area contributed by atoms with Crippen LogP contribution in [0.2, 0.25) is 0 Å². The lowest BCUT2D eigenvalue weighted by atomic mass is 10.1. The SMILES string of the molecule is CN(C)c1ccc(/C=C/c2ccc(NC(=O)CSCc3ccccc3)c(CNCC(C)(C)SCc3ccccc3)c2)cc1. The molecular weight excluding hydrogens is 567 g/mol. The Morgan fingerprint density at radius 3 is 2.05 bits per heavy atom. The van der Waals surface area contributed by atoms with E-state index in [1.54, 1.807) is 11.8 Å². The third kappa shape index (κ3) is 11.3. The van der Waals surface area contributed by atoms with Crippen molar-refractivity contribution in [1.82, 2.24) is 5.32 Å². The molecule has 6 heteroatoms. The number of carbonyl (C=O) groups excluding carboxylic acids is 1. The van der Waals surface area contributed by atoms with Gasteiger partial charge >= 0.3 is 0 Å².